The maximum atomic E-state index is 12.9. The van der Waals surface area contributed by atoms with Gasteiger partial charge in [0.1, 0.15) is 5.60 Å². The monoisotopic (exact) mass is 416 g/mol. The molecule has 3 fully saturated rings. The topological polar surface area (TPSA) is 101 Å². The molecule has 6 heteroatoms. The third kappa shape index (κ3) is 2.79. The number of carbonyl (C=O) groups is 3. The SMILES string of the molecule is CC(=O)OCC(=O)[C@@]1(O)CC[C@H]2[C@H]3C[C@H](C)C4=CC(=O)C=C[C@]4(C)[C@H]3[C@@H](O)C[C@]21C. The number of aliphatic hydroxyl groups excluding tert-OH is 1. The van der Waals surface area contributed by atoms with Crippen LogP contribution in [-0.4, -0.2) is 46.1 Å². The van der Waals surface area contributed by atoms with E-state index in [2.05, 4.69) is 13.8 Å². The minimum atomic E-state index is -1.61. The normalized spacial score (nSPS) is 47.1. The first-order valence-electron chi connectivity index (χ1n) is 11.0. The van der Waals surface area contributed by atoms with E-state index in [0.29, 0.717) is 19.3 Å². The van der Waals surface area contributed by atoms with Crippen molar-refractivity contribution in [2.45, 2.75) is 65.1 Å². The van der Waals surface area contributed by atoms with Crippen LogP contribution in [0.2, 0.25) is 0 Å². The quantitative estimate of drug-likeness (QED) is 0.685. The van der Waals surface area contributed by atoms with Crippen molar-refractivity contribution in [2.24, 2.45) is 34.5 Å². The number of Topliss-reactive ketones (excluding diaryl/α,β-unsaturated/α-hetero) is 1. The molecule has 4 aliphatic carbocycles. The average Bonchev–Trinajstić information content (AvgIpc) is 2.93. The number of fused-ring (bicyclic) bond motifs is 5. The van der Waals surface area contributed by atoms with E-state index in [0.717, 1.165) is 12.0 Å². The maximum Gasteiger partial charge on any atom is 0.303 e. The Morgan fingerprint density at radius 1 is 1.30 bits per heavy atom. The second-order valence-electron chi connectivity index (χ2n) is 10.3. The van der Waals surface area contributed by atoms with Gasteiger partial charge in [0.15, 0.2) is 12.4 Å². The Hall–Kier alpha value is -1.79. The van der Waals surface area contributed by atoms with Crippen molar-refractivity contribution in [1.29, 1.82) is 0 Å². The predicted molar refractivity (Wildman–Crippen MR) is 109 cm³/mol. The smallest absolute Gasteiger partial charge is 0.303 e. The molecule has 0 aromatic heterocycles. The summed E-state index contributed by atoms with van der Waals surface area (Å²) in [6.07, 6.45) is 6.71. The molecule has 0 spiro atoms. The molecule has 30 heavy (non-hydrogen) atoms. The Balaban J connectivity index is 1.70. The van der Waals surface area contributed by atoms with Crippen molar-refractivity contribution in [2.75, 3.05) is 6.61 Å². The molecule has 0 bridgehead atoms. The summed E-state index contributed by atoms with van der Waals surface area (Å²) < 4.78 is 4.89. The number of ketones is 2. The molecular formula is C24H32O6. The van der Waals surface area contributed by atoms with Gasteiger partial charge in [-0.05, 0) is 55.6 Å². The number of hydrogen-bond acceptors (Lipinski definition) is 6. The summed E-state index contributed by atoms with van der Waals surface area (Å²) in [7, 11) is 0. The van der Waals surface area contributed by atoms with E-state index in [1.54, 1.807) is 12.2 Å². The number of aliphatic hydroxyl groups is 2. The highest BCUT2D eigenvalue weighted by Crippen LogP contribution is 2.67. The van der Waals surface area contributed by atoms with Crippen molar-refractivity contribution < 1.29 is 29.3 Å². The van der Waals surface area contributed by atoms with Crippen LogP contribution in [0.25, 0.3) is 0 Å². The van der Waals surface area contributed by atoms with Crippen LogP contribution in [0.15, 0.2) is 23.8 Å². The lowest BCUT2D eigenvalue weighted by atomic mass is 9.45. The van der Waals surface area contributed by atoms with E-state index in [1.807, 2.05) is 13.0 Å². The van der Waals surface area contributed by atoms with Gasteiger partial charge in [-0.15, -0.1) is 0 Å². The summed E-state index contributed by atoms with van der Waals surface area (Å²) in [4.78, 5) is 36.1. The summed E-state index contributed by atoms with van der Waals surface area (Å²) in [6, 6.07) is 0. The zero-order valence-corrected chi connectivity index (χ0v) is 18.2. The van der Waals surface area contributed by atoms with E-state index in [1.165, 1.54) is 6.92 Å². The van der Waals surface area contributed by atoms with Gasteiger partial charge in [0, 0.05) is 23.7 Å². The second-order valence-corrected chi connectivity index (χ2v) is 10.3. The highest BCUT2D eigenvalue weighted by molar-refractivity contribution is 6.01. The molecule has 8 atom stereocenters. The highest BCUT2D eigenvalue weighted by atomic mass is 16.5. The van der Waals surface area contributed by atoms with Crippen LogP contribution in [0, 0.1) is 34.5 Å². The van der Waals surface area contributed by atoms with Gasteiger partial charge in [-0.3, -0.25) is 14.4 Å². The van der Waals surface area contributed by atoms with Crippen molar-refractivity contribution >= 4 is 17.5 Å². The summed E-state index contributed by atoms with van der Waals surface area (Å²) in [5.74, 6) is -0.712. The number of rotatable bonds is 3. The van der Waals surface area contributed by atoms with E-state index < -0.39 is 40.9 Å². The standard InChI is InChI=1S/C24H32O6/c1-13-9-16-17-6-8-24(29,20(28)12-30-14(2)25)23(17,4)11-19(27)21(16)22(3)7-5-15(26)10-18(13)22/h5,7,10,13,16-17,19,21,27,29H,6,8-9,11-12H2,1-4H3/t13-,16+,17-,19-,21+,22-,23+,24-/m0/s1. The van der Waals surface area contributed by atoms with Crippen molar-refractivity contribution in [3.8, 4) is 0 Å². The van der Waals surface area contributed by atoms with Gasteiger partial charge in [-0.2, -0.15) is 0 Å². The Morgan fingerprint density at radius 3 is 2.67 bits per heavy atom. The molecule has 0 aromatic rings. The largest absolute Gasteiger partial charge is 0.458 e. The first-order chi connectivity index (χ1) is 13.9. The molecule has 0 aromatic carbocycles. The van der Waals surface area contributed by atoms with Crippen molar-refractivity contribution in [1.82, 2.24) is 0 Å². The molecular weight excluding hydrogens is 384 g/mol. The number of hydrogen-bond donors (Lipinski definition) is 2. The third-order valence-corrected chi connectivity index (χ3v) is 8.84. The molecule has 0 heterocycles. The number of esters is 1. The van der Waals surface area contributed by atoms with E-state index in [9.17, 15) is 24.6 Å². The number of allylic oxidation sites excluding steroid dienone is 4. The third-order valence-electron chi connectivity index (χ3n) is 8.84. The number of ether oxygens (including phenoxy) is 1. The first kappa shape index (κ1) is 21.4. The van der Waals surface area contributed by atoms with Gasteiger partial charge in [-0.1, -0.05) is 32.4 Å². The van der Waals surface area contributed by atoms with Gasteiger partial charge in [0.25, 0.3) is 0 Å². The molecule has 164 valence electrons. The Morgan fingerprint density at radius 2 is 2.00 bits per heavy atom. The van der Waals surface area contributed by atoms with Gasteiger partial charge < -0.3 is 14.9 Å². The van der Waals surface area contributed by atoms with Crippen LogP contribution in [-0.2, 0) is 19.1 Å². The fourth-order valence-corrected chi connectivity index (χ4v) is 7.50. The van der Waals surface area contributed by atoms with Gasteiger partial charge in [0.2, 0.25) is 5.78 Å². The van der Waals surface area contributed by atoms with E-state index in [4.69, 9.17) is 4.74 Å². The second kappa shape index (κ2) is 6.86. The minimum Gasteiger partial charge on any atom is -0.458 e. The lowest BCUT2D eigenvalue weighted by Gasteiger charge is -2.60. The van der Waals surface area contributed by atoms with Crippen molar-refractivity contribution in [3.63, 3.8) is 0 Å². The van der Waals surface area contributed by atoms with Crippen LogP contribution in [0.1, 0.15) is 53.4 Å². The lowest BCUT2D eigenvalue weighted by molar-refractivity contribution is -0.182. The zero-order chi connectivity index (χ0) is 22.1. The van der Waals surface area contributed by atoms with Gasteiger partial charge >= 0.3 is 5.97 Å². The minimum absolute atomic E-state index is 0.00535. The molecule has 3 saturated carbocycles. The fourth-order valence-electron chi connectivity index (χ4n) is 7.50. The predicted octanol–water partition coefficient (Wildman–Crippen LogP) is 2.37. The van der Waals surface area contributed by atoms with Gasteiger partial charge in [0.05, 0.1) is 6.10 Å². The molecule has 0 radical (unpaired) electrons. The summed E-state index contributed by atoms with van der Waals surface area (Å²) >= 11 is 0. The summed E-state index contributed by atoms with van der Waals surface area (Å²) in [5.41, 5.74) is -1.72. The highest BCUT2D eigenvalue weighted by Gasteiger charge is 2.68. The fraction of sp³-hybridized carbons (Fsp3) is 0.708. The van der Waals surface area contributed by atoms with Gasteiger partial charge in [-0.25, -0.2) is 0 Å². The molecule has 4 aliphatic rings. The molecule has 0 saturated heterocycles. The molecule has 2 N–H and O–H groups in total. The maximum absolute atomic E-state index is 12.9. The van der Waals surface area contributed by atoms with Crippen LogP contribution in [0.3, 0.4) is 0 Å². The summed E-state index contributed by atoms with van der Waals surface area (Å²) in [5, 5.41) is 22.9. The molecule has 0 aliphatic heterocycles. The lowest BCUT2D eigenvalue weighted by Crippen LogP contribution is -2.62. The summed E-state index contributed by atoms with van der Waals surface area (Å²) in [6.45, 7) is 6.94. The Kier molecular flexibility index (Phi) is 4.90. The average molecular weight is 417 g/mol. The molecule has 0 unspecified atom stereocenters. The van der Waals surface area contributed by atoms with Crippen LogP contribution in [0.5, 0.6) is 0 Å². The first-order valence-corrected chi connectivity index (χ1v) is 11.0. The van der Waals surface area contributed by atoms with Crippen LogP contribution < -0.4 is 0 Å². The zero-order valence-electron chi connectivity index (χ0n) is 18.2. The van der Waals surface area contributed by atoms with E-state index >= 15 is 0 Å². The molecule has 6 nitrogen and oxygen atoms in total. The molecule has 4 rings (SSSR count). The van der Waals surface area contributed by atoms with Crippen molar-refractivity contribution in [3.05, 3.63) is 23.8 Å². The van der Waals surface area contributed by atoms with Crippen LogP contribution in [0.4, 0.5) is 0 Å². The molecule has 0 amide bonds. The Labute approximate surface area is 177 Å². The van der Waals surface area contributed by atoms with Crippen LogP contribution >= 0.6 is 0 Å². The van der Waals surface area contributed by atoms with E-state index in [-0.39, 0.29) is 29.5 Å². The Bertz CT molecular complexity index is 858. The number of carbonyl (C=O) groups excluding carboxylic acids is 3.